The highest BCUT2D eigenvalue weighted by molar-refractivity contribution is 5.94. The summed E-state index contributed by atoms with van der Waals surface area (Å²) in [5.74, 6) is 0.140. The van der Waals surface area contributed by atoms with E-state index in [0.717, 1.165) is 57.9 Å². The van der Waals surface area contributed by atoms with Crippen LogP contribution in [0.5, 0.6) is 0 Å². The number of piperazine rings is 2. The zero-order valence-electron chi connectivity index (χ0n) is 16.1. The van der Waals surface area contributed by atoms with Gasteiger partial charge in [0.25, 0.3) is 5.91 Å². The number of anilines is 2. The van der Waals surface area contributed by atoms with Crippen molar-refractivity contribution in [1.29, 1.82) is 0 Å². The molecule has 2 heterocycles. The lowest BCUT2D eigenvalue weighted by Crippen LogP contribution is -2.48. The standard InChI is InChI=1S/C22H28N4O/c1-23-11-13-24(14-12-23)20-7-9-21(10-8-20)25-15-17-26(18-16-25)22(27)19-5-3-2-4-6-19/h2-10H,11-18H2,1H3. The first-order chi connectivity index (χ1) is 13.2. The largest absolute Gasteiger partial charge is 0.369 e. The molecular formula is C22H28N4O. The average Bonchev–Trinajstić information content (AvgIpc) is 2.75. The summed E-state index contributed by atoms with van der Waals surface area (Å²) >= 11 is 0. The third-order valence-corrected chi connectivity index (χ3v) is 5.67. The molecule has 0 saturated carbocycles. The van der Waals surface area contributed by atoms with E-state index in [-0.39, 0.29) is 5.91 Å². The summed E-state index contributed by atoms with van der Waals surface area (Å²) < 4.78 is 0. The minimum absolute atomic E-state index is 0.140. The summed E-state index contributed by atoms with van der Waals surface area (Å²) in [5, 5.41) is 0. The molecule has 142 valence electrons. The number of hydrogen-bond donors (Lipinski definition) is 0. The van der Waals surface area contributed by atoms with Crippen molar-refractivity contribution in [3.63, 3.8) is 0 Å². The summed E-state index contributed by atoms with van der Waals surface area (Å²) in [6.07, 6.45) is 0. The number of rotatable bonds is 3. The minimum atomic E-state index is 0.140. The van der Waals surface area contributed by atoms with E-state index < -0.39 is 0 Å². The molecule has 0 aliphatic carbocycles. The number of nitrogens with zero attached hydrogens (tertiary/aromatic N) is 4. The van der Waals surface area contributed by atoms with Gasteiger partial charge in [-0.05, 0) is 43.4 Å². The van der Waals surface area contributed by atoms with Gasteiger partial charge in [0.1, 0.15) is 0 Å². The number of amides is 1. The van der Waals surface area contributed by atoms with Crippen LogP contribution in [0.25, 0.3) is 0 Å². The predicted molar refractivity (Wildman–Crippen MR) is 111 cm³/mol. The molecule has 2 aromatic rings. The van der Waals surface area contributed by atoms with E-state index in [2.05, 4.69) is 46.0 Å². The summed E-state index contributed by atoms with van der Waals surface area (Å²) in [7, 11) is 2.18. The molecule has 0 spiro atoms. The van der Waals surface area contributed by atoms with Gasteiger partial charge in [-0.25, -0.2) is 0 Å². The molecule has 2 saturated heterocycles. The molecule has 2 aromatic carbocycles. The van der Waals surface area contributed by atoms with Crippen molar-refractivity contribution in [1.82, 2.24) is 9.80 Å². The lowest BCUT2D eigenvalue weighted by molar-refractivity contribution is 0.0747. The van der Waals surface area contributed by atoms with Crippen molar-refractivity contribution >= 4 is 17.3 Å². The van der Waals surface area contributed by atoms with E-state index in [1.165, 1.54) is 11.4 Å². The topological polar surface area (TPSA) is 30.0 Å². The van der Waals surface area contributed by atoms with Gasteiger partial charge in [0.15, 0.2) is 0 Å². The van der Waals surface area contributed by atoms with Crippen molar-refractivity contribution in [2.75, 3.05) is 69.2 Å². The maximum absolute atomic E-state index is 12.6. The number of carbonyl (C=O) groups excluding carboxylic acids is 1. The summed E-state index contributed by atoms with van der Waals surface area (Å²) in [5.41, 5.74) is 3.34. The summed E-state index contributed by atoms with van der Waals surface area (Å²) in [6, 6.07) is 18.5. The molecule has 0 bridgehead atoms. The summed E-state index contributed by atoms with van der Waals surface area (Å²) in [6.45, 7) is 7.74. The Labute approximate surface area is 161 Å². The van der Waals surface area contributed by atoms with Gasteiger partial charge >= 0.3 is 0 Å². The van der Waals surface area contributed by atoms with Gasteiger partial charge in [-0.1, -0.05) is 18.2 Å². The Kier molecular flexibility index (Phi) is 5.30. The van der Waals surface area contributed by atoms with E-state index in [1.54, 1.807) is 0 Å². The first-order valence-electron chi connectivity index (χ1n) is 9.83. The maximum Gasteiger partial charge on any atom is 0.253 e. The molecular weight excluding hydrogens is 336 g/mol. The van der Waals surface area contributed by atoms with Crippen LogP contribution in [-0.2, 0) is 0 Å². The Morgan fingerprint density at radius 2 is 1.15 bits per heavy atom. The second kappa shape index (κ2) is 8.01. The zero-order valence-corrected chi connectivity index (χ0v) is 16.1. The fourth-order valence-electron chi connectivity index (χ4n) is 3.87. The normalized spacial score (nSPS) is 18.6. The Morgan fingerprint density at radius 3 is 1.67 bits per heavy atom. The first kappa shape index (κ1) is 17.9. The zero-order chi connectivity index (χ0) is 18.6. The molecule has 0 atom stereocenters. The maximum atomic E-state index is 12.6. The molecule has 2 fully saturated rings. The molecule has 2 aliphatic heterocycles. The van der Waals surface area contributed by atoms with Gasteiger partial charge in [-0.2, -0.15) is 0 Å². The van der Waals surface area contributed by atoms with Crippen LogP contribution in [0.1, 0.15) is 10.4 Å². The lowest BCUT2D eigenvalue weighted by Gasteiger charge is -2.37. The van der Waals surface area contributed by atoms with Crippen LogP contribution in [-0.4, -0.2) is 75.1 Å². The van der Waals surface area contributed by atoms with Gasteiger partial charge in [0.2, 0.25) is 0 Å². The molecule has 27 heavy (non-hydrogen) atoms. The second-order valence-corrected chi connectivity index (χ2v) is 7.45. The molecule has 5 nitrogen and oxygen atoms in total. The molecule has 2 aliphatic rings. The van der Waals surface area contributed by atoms with Crippen molar-refractivity contribution < 1.29 is 4.79 Å². The van der Waals surface area contributed by atoms with Gasteiger partial charge in [-0.3, -0.25) is 4.79 Å². The highest BCUT2D eigenvalue weighted by atomic mass is 16.2. The van der Waals surface area contributed by atoms with E-state index in [0.29, 0.717) is 0 Å². The van der Waals surface area contributed by atoms with Crippen molar-refractivity contribution in [2.24, 2.45) is 0 Å². The third-order valence-electron chi connectivity index (χ3n) is 5.67. The minimum Gasteiger partial charge on any atom is -0.369 e. The quantitative estimate of drug-likeness (QED) is 0.837. The number of benzene rings is 2. The van der Waals surface area contributed by atoms with Gasteiger partial charge in [-0.15, -0.1) is 0 Å². The van der Waals surface area contributed by atoms with Crippen molar-refractivity contribution in [3.8, 4) is 0 Å². The van der Waals surface area contributed by atoms with Gasteiger partial charge in [0.05, 0.1) is 0 Å². The van der Waals surface area contributed by atoms with E-state index in [4.69, 9.17) is 0 Å². The SMILES string of the molecule is CN1CCN(c2ccc(N3CCN(C(=O)c4ccccc4)CC3)cc2)CC1. The highest BCUT2D eigenvalue weighted by Crippen LogP contribution is 2.23. The van der Waals surface area contributed by atoms with Crippen LogP contribution in [0, 0.1) is 0 Å². The monoisotopic (exact) mass is 364 g/mol. The molecule has 1 amide bonds. The van der Waals surface area contributed by atoms with Crippen LogP contribution >= 0.6 is 0 Å². The van der Waals surface area contributed by atoms with Crippen LogP contribution in [0.3, 0.4) is 0 Å². The smallest absolute Gasteiger partial charge is 0.253 e. The fraction of sp³-hybridized carbons (Fsp3) is 0.409. The Hall–Kier alpha value is -2.53. The second-order valence-electron chi connectivity index (χ2n) is 7.45. The number of carbonyl (C=O) groups is 1. The predicted octanol–water partition coefficient (Wildman–Crippen LogP) is 2.40. The molecule has 0 radical (unpaired) electrons. The molecule has 4 rings (SSSR count). The van der Waals surface area contributed by atoms with Crippen molar-refractivity contribution in [3.05, 3.63) is 60.2 Å². The Balaban J connectivity index is 1.34. The van der Waals surface area contributed by atoms with Crippen LogP contribution in [0.4, 0.5) is 11.4 Å². The van der Waals surface area contributed by atoms with Crippen LogP contribution < -0.4 is 9.80 Å². The molecule has 5 heteroatoms. The van der Waals surface area contributed by atoms with E-state index in [9.17, 15) is 4.79 Å². The Bertz CT molecular complexity index is 746. The van der Waals surface area contributed by atoms with Gasteiger partial charge < -0.3 is 19.6 Å². The van der Waals surface area contributed by atoms with Gasteiger partial charge in [0, 0.05) is 69.3 Å². The van der Waals surface area contributed by atoms with E-state index >= 15 is 0 Å². The molecule has 0 aromatic heterocycles. The summed E-state index contributed by atoms with van der Waals surface area (Å²) in [4.78, 5) is 21.8. The third kappa shape index (κ3) is 4.08. The average molecular weight is 364 g/mol. The van der Waals surface area contributed by atoms with Crippen molar-refractivity contribution in [2.45, 2.75) is 0 Å². The fourth-order valence-corrected chi connectivity index (χ4v) is 3.87. The first-order valence-corrected chi connectivity index (χ1v) is 9.83. The van der Waals surface area contributed by atoms with Crippen LogP contribution in [0.15, 0.2) is 54.6 Å². The van der Waals surface area contributed by atoms with E-state index in [1.807, 2.05) is 35.2 Å². The number of likely N-dealkylation sites (N-methyl/N-ethyl adjacent to an activating group) is 1. The number of hydrogen-bond acceptors (Lipinski definition) is 4. The Morgan fingerprint density at radius 1 is 0.667 bits per heavy atom. The molecule has 0 unspecified atom stereocenters. The lowest BCUT2D eigenvalue weighted by atomic mass is 10.1. The van der Waals surface area contributed by atoms with Crippen LogP contribution in [0.2, 0.25) is 0 Å². The molecule has 0 N–H and O–H groups in total. The highest BCUT2D eigenvalue weighted by Gasteiger charge is 2.22.